The zero-order valence-corrected chi connectivity index (χ0v) is 14.1. The Balaban J connectivity index is 1.92. The average molecular weight is 371 g/mol. The normalized spacial score (nSPS) is 10.3. The molecule has 0 saturated carbocycles. The van der Waals surface area contributed by atoms with E-state index in [4.69, 9.17) is 4.74 Å². The third kappa shape index (κ3) is 3.14. The molecule has 3 aromatic carbocycles. The molecule has 23 heavy (non-hydrogen) atoms. The number of hydrogen-bond donors (Lipinski definition) is 2. The quantitative estimate of drug-likeness (QED) is 0.670. The maximum absolute atomic E-state index is 12.5. The van der Waals surface area contributed by atoms with Crippen LogP contribution in [0.3, 0.4) is 0 Å². The van der Waals surface area contributed by atoms with E-state index in [0.29, 0.717) is 11.3 Å². The third-order valence-electron chi connectivity index (χ3n) is 3.50. The number of amides is 1. The number of benzene rings is 3. The number of halogens is 1. The molecule has 3 rings (SSSR count). The van der Waals surface area contributed by atoms with E-state index in [1.54, 1.807) is 13.2 Å². The van der Waals surface area contributed by atoms with Crippen molar-refractivity contribution >= 4 is 38.3 Å². The smallest absolute Gasteiger partial charge is 0.270 e. The van der Waals surface area contributed by atoms with Crippen molar-refractivity contribution in [2.75, 3.05) is 12.5 Å². The summed E-state index contributed by atoms with van der Waals surface area (Å²) < 4.78 is 6.15. The summed E-state index contributed by atoms with van der Waals surface area (Å²) in [7, 11) is 1.60. The molecule has 0 aliphatic heterocycles. The molecule has 1 amide bonds. The fourth-order valence-electron chi connectivity index (χ4n) is 2.36. The van der Waals surface area contributed by atoms with E-state index in [1.165, 1.54) is 0 Å². The van der Waals surface area contributed by atoms with Gasteiger partial charge >= 0.3 is 0 Å². The maximum Gasteiger partial charge on any atom is 0.270 e. The highest BCUT2D eigenvalue weighted by atomic mass is 79.9. The molecule has 0 aliphatic rings. The maximum atomic E-state index is 12.5. The summed E-state index contributed by atoms with van der Waals surface area (Å²) in [6.45, 7) is 0. The van der Waals surface area contributed by atoms with Gasteiger partial charge in [-0.1, -0.05) is 42.5 Å². The van der Waals surface area contributed by atoms with Crippen molar-refractivity contribution in [2.45, 2.75) is 0 Å². The Morgan fingerprint density at radius 2 is 1.65 bits per heavy atom. The number of rotatable bonds is 4. The summed E-state index contributed by atoms with van der Waals surface area (Å²) in [6, 6.07) is 18.9. The van der Waals surface area contributed by atoms with Crippen LogP contribution in [0.15, 0.2) is 65.1 Å². The second-order valence-electron chi connectivity index (χ2n) is 4.93. The highest BCUT2D eigenvalue weighted by Crippen LogP contribution is 2.34. The lowest BCUT2D eigenvalue weighted by molar-refractivity contribution is 0.0961. The first kappa shape index (κ1) is 15.4. The molecule has 0 atom stereocenters. The van der Waals surface area contributed by atoms with Gasteiger partial charge in [-0.25, -0.2) is 0 Å². The molecule has 0 spiro atoms. The molecule has 0 bridgehead atoms. The van der Waals surface area contributed by atoms with Crippen LogP contribution in [-0.2, 0) is 0 Å². The van der Waals surface area contributed by atoms with Gasteiger partial charge in [0.15, 0.2) is 0 Å². The van der Waals surface area contributed by atoms with Crippen molar-refractivity contribution in [1.82, 2.24) is 5.43 Å². The molecule has 0 unspecified atom stereocenters. The van der Waals surface area contributed by atoms with E-state index >= 15 is 0 Å². The highest BCUT2D eigenvalue weighted by molar-refractivity contribution is 9.10. The lowest BCUT2D eigenvalue weighted by Gasteiger charge is -2.13. The predicted octanol–water partition coefficient (Wildman–Crippen LogP) is 4.37. The van der Waals surface area contributed by atoms with Crippen molar-refractivity contribution < 1.29 is 9.53 Å². The largest absolute Gasteiger partial charge is 0.496 e. The van der Waals surface area contributed by atoms with Gasteiger partial charge in [-0.05, 0) is 34.1 Å². The number of hydrazine groups is 1. The van der Waals surface area contributed by atoms with Gasteiger partial charge in [0, 0.05) is 15.2 Å². The van der Waals surface area contributed by atoms with Gasteiger partial charge in [0.1, 0.15) is 5.75 Å². The van der Waals surface area contributed by atoms with Crippen LogP contribution in [0.1, 0.15) is 10.4 Å². The van der Waals surface area contributed by atoms with Crippen LogP contribution in [-0.4, -0.2) is 13.0 Å². The van der Waals surface area contributed by atoms with Crippen LogP contribution in [0, 0.1) is 0 Å². The van der Waals surface area contributed by atoms with Crippen LogP contribution in [0.25, 0.3) is 10.8 Å². The monoisotopic (exact) mass is 370 g/mol. The van der Waals surface area contributed by atoms with Crippen molar-refractivity contribution in [3.8, 4) is 5.75 Å². The van der Waals surface area contributed by atoms with Gasteiger partial charge in [0.2, 0.25) is 0 Å². The van der Waals surface area contributed by atoms with E-state index in [9.17, 15) is 4.79 Å². The third-order valence-corrected chi connectivity index (χ3v) is 4.35. The number of fused-ring (bicyclic) bond motifs is 1. The number of methoxy groups -OCH3 is 1. The van der Waals surface area contributed by atoms with Gasteiger partial charge in [-0.3, -0.25) is 15.6 Å². The second kappa shape index (κ2) is 6.71. The number of para-hydroxylation sites is 1. The summed E-state index contributed by atoms with van der Waals surface area (Å²) in [5.41, 5.74) is 6.91. The molecule has 0 fully saturated rings. The van der Waals surface area contributed by atoms with E-state index < -0.39 is 0 Å². The molecular weight excluding hydrogens is 356 g/mol. The van der Waals surface area contributed by atoms with Gasteiger partial charge in [-0.15, -0.1) is 0 Å². The molecule has 0 aromatic heterocycles. The molecule has 0 aliphatic carbocycles. The van der Waals surface area contributed by atoms with Gasteiger partial charge in [0.25, 0.3) is 5.91 Å². The number of carbonyl (C=O) groups is 1. The first-order chi connectivity index (χ1) is 11.2. The van der Waals surface area contributed by atoms with Crippen LogP contribution >= 0.6 is 15.9 Å². The van der Waals surface area contributed by atoms with Crippen LogP contribution in [0.4, 0.5) is 5.69 Å². The minimum atomic E-state index is -0.246. The van der Waals surface area contributed by atoms with Crippen LogP contribution < -0.4 is 15.6 Å². The summed E-state index contributed by atoms with van der Waals surface area (Å²) in [5.74, 6) is 0.415. The summed E-state index contributed by atoms with van der Waals surface area (Å²) in [6.07, 6.45) is 0. The summed E-state index contributed by atoms with van der Waals surface area (Å²) >= 11 is 3.53. The van der Waals surface area contributed by atoms with E-state index in [0.717, 1.165) is 20.9 Å². The molecular formula is C18H15BrN2O2. The Kier molecular flexibility index (Phi) is 4.48. The Morgan fingerprint density at radius 3 is 2.35 bits per heavy atom. The Bertz CT molecular complexity index is 850. The number of anilines is 1. The first-order valence-corrected chi connectivity index (χ1v) is 7.86. The minimum absolute atomic E-state index is 0.246. The molecule has 116 valence electrons. The minimum Gasteiger partial charge on any atom is -0.496 e. The zero-order valence-electron chi connectivity index (χ0n) is 12.5. The fourth-order valence-corrected chi connectivity index (χ4v) is 3.00. The number of hydrogen-bond acceptors (Lipinski definition) is 3. The molecule has 0 heterocycles. The van der Waals surface area contributed by atoms with Crippen molar-refractivity contribution in [1.29, 1.82) is 0 Å². The lowest BCUT2D eigenvalue weighted by Crippen LogP contribution is -2.29. The first-order valence-electron chi connectivity index (χ1n) is 7.07. The lowest BCUT2D eigenvalue weighted by atomic mass is 10.1. The van der Waals surface area contributed by atoms with Gasteiger partial charge in [-0.2, -0.15) is 0 Å². The van der Waals surface area contributed by atoms with E-state index in [1.807, 2.05) is 54.6 Å². The molecule has 0 radical (unpaired) electrons. The number of ether oxygens (including phenoxy) is 1. The molecule has 5 heteroatoms. The van der Waals surface area contributed by atoms with Crippen molar-refractivity contribution in [2.24, 2.45) is 0 Å². The summed E-state index contributed by atoms with van der Waals surface area (Å²) in [5, 5.41) is 1.88. The molecule has 0 saturated heterocycles. The Hall–Kier alpha value is -2.53. The van der Waals surface area contributed by atoms with Crippen molar-refractivity contribution in [3.05, 3.63) is 70.7 Å². The summed E-state index contributed by atoms with van der Waals surface area (Å²) in [4.78, 5) is 12.5. The van der Waals surface area contributed by atoms with Crippen molar-refractivity contribution in [3.63, 3.8) is 0 Å². The Morgan fingerprint density at radius 1 is 1.00 bits per heavy atom. The van der Waals surface area contributed by atoms with Gasteiger partial charge in [0.05, 0.1) is 18.4 Å². The molecule has 4 nitrogen and oxygen atoms in total. The zero-order chi connectivity index (χ0) is 16.2. The highest BCUT2D eigenvalue weighted by Gasteiger charge is 2.16. The van der Waals surface area contributed by atoms with Crippen LogP contribution in [0.5, 0.6) is 5.75 Å². The fraction of sp³-hybridized carbons (Fsp3) is 0.0556. The van der Waals surface area contributed by atoms with E-state index in [2.05, 4.69) is 26.8 Å². The van der Waals surface area contributed by atoms with E-state index in [-0.39, 0.29) is 5.91 Å². The van der Waals surface area contributed by atoms with Crippen LogP contribution in [0.2, 0.25) is 0 Å². The predicted molar refractivity (Wildman–Crippen MR) is 95.7 cm³/mol. The molecule has 3 aromatic rings. The standard InChI is InChI=1S/C18H15BrN2O2/c1-23-16-11-15(17(19)14-10-6-5-9-13(14)16)18(22)21-20-12-7-3-2-4-8-12/h2-11,20H,1H3,(H,21,22). The number of carbonyl (C=O) groups excluding carboxylic acids is 1. The Labute approximate surface area is 142 Å². The number of nitrogens with one attached hydrogen (secondary N) is 2. The molecule has 2 N–H and O–H groups in total. The van der Waals surface area contributed by atoms with Gasteiger partial charge < -0.3 is 4.74 Å². The topological polar surface area (TPSA) is 50.4 Å². The second-order valence-corrected chi connectivity index (χ2v) is 5.72. The SMILES string of the molecule is COc1cc(C(=O)NNc2ccccc2)c(Br)c2ccccc12. The average Bonchev–Trinajstić information content (AvgIpc) is 2.61.